The van der Waals surface area contributed by atoms with E-state index in [1.165, 1.54) is 0 Å². The molecular formula is C13H16N2O. The molecule has 0 fully saturated rings. The van der Waals surface area contributed by atoms with E-state index < -0.39 is 0 Å². The van der Waals surface area contributed by atoms with Gasteiger partial charge in [-0.05, 0) is 30.7 Å². The van der Waals surface area contributed by atoms with Gasteiger partial charge in [0.15, 0.2) is 0 Å². The molecule has 0 aromatic heterocycles. The van der Waals surface area contributed by atoms with Crippen LogP contribution < -0.4 is 5.32 Å². The van der Waals surface area contributed by atoms with Crippen LogP contribution >= 0.6 is 0 Å². The zero-order chi connectivity index (χ0) is 12.0. The number of benzene rings is 1. The molecule has 0 radical (unpaired) electrons. The van der Waals surface area contributed by atoms with Crippen LogP contribution in [-0.2, 0) is 4.79 Å². The first-order valence-corrected chi connectivity index (χ1v) is 5.48. The number of rotatable bonds is 4. The monoisotopic (exact) mass is 216 g/mol. The van der Waals surface area contributed by atoms with Crippen molar-refractivity contribution in [3.05, 3.63) is 29.8 Å². The summed E-state index contributed by atoms with van der Waals surface area (Å²) in [5.41, 5.74) is 1.34. The Balaban J connectivity index is 2.60. The van der Waals surface area contributed by atoms with Crippen LogP contribution in [0.5, 0.6) is 0 Å². The van der Waals surface area contributed by atoms with E-state index in [1.54, 1.807) is 24.3 Å². The summed E-state index contributed by atoms with van der Waals surface area (Å²) in [7, 11) is 0. The molecular weight excluding hydrogens is 200 g/mol. The van der Waals surface area contributed by atoms with Crippen LogP contribution in [-0.4, -0.2) is 5.91 Å². The third-order valence-electron chi connectivity index (χ3n) is 2.45. The summed E-state index contributed by atoms with van der Waals surface area (Å²) in [6, 6.07) is 8.92. The molecule has 0 spiro atoms. The number of carbonyl (C=O) groups excluding carboxylic acids is 1. The maximum atomic E-state index is 11.7. The minimum absolute atomic E-state index is 0.0284. The van der Waals surface area contributed by atoms with Crippen molar-refractivity contribution < 1.29 is 4.79 Å². The number of nitrogens with one attached hydrogen (secondary N) is 1. The normalized spacial score (nSPS) is 11.6. The molecule has 1 rings (SSSR count). The van der Waals surface area contributed by atoms with Gasteiger partial charge in [0.25, 0.3) is 0 Å². The van der Waals surface area contributed by atoms with Crippen molar-refractivity contribution in [2.45, 2.75) is 26.7 Å². The molecule has 3 nitrogen and oxygen atoms in total. The highest BCUT2D eigenvalue weighted by atomic mass is 16.1. The van der Waals surface area contributed by atoms with Gasteiger partial charge >= 0.3 is 0 Å². The summed E-state index contributed by atoms with van der Waals surface area (Å²) < 4.78 is 0. The average molecular weight is 216 g/mol. The first kappa shape index (κ1) is 12.3. The van der Waals surface area contributed by atoms with Crippen LogP contribution in [0.3, 0.4) is 0 Å². The lowest BCUT2D eigenvalue weighted by molar-refractivity contribution is -0.119. The van der Waals surface area contributed by atoms with Gasteiger partial charge in [-0.3, -0.25) is 4.79 Å². The highest BCUT2D eigenvalue weighted by Crippen LogP contribution is 2.12. The van der Waals surface area contributed by atoms with Gasteiger partial charge in [0.1, 0.15) is 0 Å². The van der Waals surface area contributed by atoms with Crippen molar-refractivity contribution in [3.63, 3.8) is 0 Å². The maximum absolute atomic E-state index is 11.7. The SMILES string of the molecule is CCC[C@H](C)C(=O)Nc1ccc(C#N)cc1. The molecule has 0 aliphatic heterocycles. The predicted octanol–water partition coefficient (Wildman–Crippen LogP) is 2.93. The van der Waals surface area contributed by atoms with E-state index in [-0.39, 0.29) is 11.8 Å². The second kappa shape index (κ2) is 5.92. The van der Waals surface area contributed by atoms with Crippen LogP contribution in [0.2, 0.25) is 0 Å². The number of nitriles is 1. The molecule has 1 amide bonds. The lowest BCUT2D eigenvalue weighted by Crippen LogP contribution is -2.20. The third kappa shape index (κ3) is 3.39. The van der Waals surface area contributed by atoms with Crippen molar-refractivity contribution in [3.8, 4) is 6.07 Å². The Morgan fingerprint density at radius 2 is 2.06 bits per heavy atom. The van der Waals surface area contributed by atoms with Gasteiger partial charge in [0.05, 0.1) is 11.6 Å². The van der Waals surface area contributed by atoms with Crippen LogP contribution in [0, 0.1) is 17.2 Å². The number of hydrogen-bond acceptors (Lipinski definition) is 2. The minimum Gasteiger partial charge on any atom is -0.326 e. The molecule has 0 saturated heterocycles. The van der Waals surface area contributed by atoms with Gasteiger partial charge in [-0.2, -0.15) is 5.26 Å². The van der Waals surface area contributed by atoms with Crippen LogP contribution in [0.4, 0.5) is 5.69 Å². The Morgan fingerprint density at radius 1 is 1.44 bits per heavy atom. The van der Waals surface area contributed by atoms with Gasteiger partial charge in [0.2, 0.25) is 5.91 Å². The fraction of sp³-hybridized carbons (Fsp3) is 0.385. The second-order valence-electron chi connectivity index (χ2n) is 3.87. The number of nitrogens with zero attached hydrogens (tertiary/aromatic N) is 1. The largest absolute Gasteiger partial charge is 0.326 e. The van der Waals surface area contributed by atoms with E-state index in [0.29, 0.717) is 5.56 Å². The van der Waals surface area contributed by atoms with Gasteiger partial charge in [-0.15, -0.1) is 0 Å². The third-order valence-corrected chi connectivity index (χ3v) is 2.45. The number of anilines is 1. The standard InChI is InChI=1S/C13H16N2O/c1-3-4-10(2)13(16)15-12-7-5-11(9-14)6-8-12/h5-8,10H,3-4H2,1-2H3,(H,15,16)/t10-/m0/s1. The minimum atomic E-state index is 0.0284. The van der Waals surface area contributed by atoms with Gasteiger partial charge in [-0.25, -0.2) is 0 Å². The molecule has 3 heteroatoms. The molecule has 0 unspecified atom stereocenters. The van der Waals surface area contributed by atoms with Crippen molar-refractivity contribution in [2.75, 3.05) is 5.32 Å². The summed E-state index contributed by atoms with van der Waals surface area (Å²) in [5, 5.41) is 11.5. The summed E-state index contributed by atoms with van der Waals surface area (Å²) in [5.74, 6) is 0.0622. The lowest BCUT2D eigenvalue weighted by Gasteiger charge is -2.10. The zero-order valence-corrected chi connectivity index (χ0v) is 9.66. The first-order valence-electron chi connectivity index (χ1n) is 5.48. The number of carbonyl (C=O) groups is 1. The Hall–Kier alpha value is -1.82. The van der Waals surface area contributed by atoms with Crippen molar-refractivity contribution >= 4 is 11.6 Å². The quantitative estimate of drug-likeness (QED) is 0.841. The van der Waals surface area contributed by atoms with E-state index in [1.807, 2.05) is 13.0 Å². The molecule has 1 atom stereocenters. The van der Waals surface area contributed by atoms with E-state index in [4.69, 9.17) is 5.26 Å². The second-order valence-corrected chi connectivity index (χ2v) is 3.87. The fourth-order valence-corrected chi connectivity index (χ4v) is 1.46. The van der Waals surface area contributed by atoms with Crippen molar-refractivity contribution in [1.82, 2.24) is 0 Å². The van der Waals surface area contributed by atoms with E-state index in [2.05, 4.69) is 12.2 Å². The van der Waals surface area contributed by atoms with Gasteiger partial charge in [0, 0.05) is 11.6 Å². The Bertz CT molecular complexity index is 389. The number of amides is 1. The fourth-order valence-electron chi connectivity index (χ4n) is 1.46. The van der Waals surface area contributed by atoms with Crippen LogP contribution in [0.1, 0.15) is 32.3 Å². The molecule has 1 N–H and O–H groups in total. The van der Waals surface area contributed by atoms with Gasteiger partial charge < -0.3 is 5.32 Å². The van der Waals surface area contributed by atoms with E-state index in [9.17, 15) is 4.79 Å². The zero-order valence-electron chi connectivity index (χ0n) is 9.66. The van der Waals surface area contributed by atoms with Gasteiger partial charge in [-0.1, -0.05) is 20.3 Å². The molecule has 1 aromatic carbocycles. The topological polar surface area (TPSA) is 52.9 Å². The van der Waals surface area contributed by atoms with E-state index >= 15 is 0 Å². The average Bonchev–Trinajstić information content (AvgIpc) is 2.30. The van der Waals surface area contributed by atoms with Crippen molar-refractivity contribution in [1.29, 1.82) is 5.26 Å². The summed E-state index contributed by atoms with van der Waals surface area (Å²) in [4.78, 5) is 11.7. The lowest BCUT2D eigenvalue weighted by atomic mass is 10.1. The van der Waals surface area contributed by atoms with Crippen LogP contribution in [0.25, 0.3) is 0 Å². The summed E-state index contributed by atoms with van der Waals surface area (Å²) in [6.45, 7) is 3.98. The molecule has 0 heterocycles. The molecule has 84 valence electrons. The molecule has 0 aliphatic carbocycles. The Kier molecular flexibility index (Phi) is 4.53. The summed E-state index contributed by atoms with van der Waals surface area (Å²) in [6.07, 6.45) is 1.89. The Morgan fingerprint density at radius 3 is 2.56 bits per heavy atom. The van der Waals surface area contributed by atoms with E-state index in [0.717, 1.165) is 18.5 Å². The molecule has 0 saturated carbocycles. The Labute approximate surface area is 96.1 Å². The first-order chi connectivity index (χ1) is 7.67. The predicted molar refractivity (Wildman–Crippen MR) is 63.9 cm³/mol. The number of hydrogen-bond donors (Lipinski definition) is 1. The molecule has 1 aromatic rings. The van der Waals surface area contributed by atoms with Crippen molar-refractivity contribution in [2.24, 2.45) is 5.92 Å². The molecule has 16 heavy (non-hydrogen) atoms. The van der Waals surface area contributed by atoms with Crippen LogP contribution in [0.15, 0.2) is 24.3 Å². The maximum Gasteiger partial charge on any atom is 0.227 e. The highest BCUT2D eigenvalue weighted by molar-refractivity contribution is 5.92. The highest BCUT2D eigenvalue weighted by Gasteiger charge is 2.11. The smallest absolute Gasteiger partial charge is 0.227 e. The molecule has 0 bridgehead atoms. The molecule has 0 aliphatic rings. The summed E-state index contributed by atoms with van der Waals surface area (Å²) >= 11 is 0.